The molecule has 1 aliphatic carbocycles. The van der Waals surface area contributed by atoms with Gasteiger partial charge in [-0.3, -0.25) is 28.9 Å². The van der Waals surface area contributed by atoms with Crippen molar-refractivity contribution in [3.05, 3.63) is 41.6 Å². The molecule has 3 saturated heterocycles. The highest BCUT2D eigenvalue weighted by Gasteiger charge is 2.70. The van der Waals surface area contributed by atoms with E-state index in [2.05, 4.69) is 33.5 Å². The second-order valence-corrected chi connectivity index (χ2v) is 12.7. The number of nitrogens with one attached hydrogen (secondary N) is 2. The van der Waals surface area contributed by atoms with E-state index in [9.17, 15) is 19.5 Å². The van der Waals surface area contributed by atoms with Gasteiger partial charge in [0, 0.05) is 36.2 Å². The Morgan fingerprint density at radius 3 is 2.88 bits per heavy atom. The third-order valence-electron chi connectivity index (χ3n) is 9.55. The Balaban J connectivity index is 1.20. The van der Waals surface area contributed by atoms with Crippen molar-refractivity contribution in [3.8, 4) is 0 Å². The van der Waals surface area contributed by atoms with Crippen LogP contribution in [-0.4, -0.2) is 92.4 Å². The summed E-state index contributed by atoms with van der Waals surface area (Å²) in [4.78, 5) is 49.7. The molecule has 0 bridgehead atoms. The molecule has 1 aromatic carbocycles. The second-order valence-electron chi connectivity index (χ2n) is 12.7. The molecule has 5 aliphatic rings. The number of carbonyl (C=O) groups excluding carboxylic acids is 3. The fraction of sp³-hybridized carbons (Fsp3) is 0.567. The number of fused-ring (bicyclic) bond motifs is 5. The number of amides is 3. The molecule has 3 fully saturated rings. The largest absolute Gasteiger partial charge is 0.361 e. The molecule has 0 spiro atoms. The summed E-state index contributed by atoms with van der Waals surface area (Å²) in [5.74, 6) is -3.48. The number of rotatable bonds is 4. The van der Waals surface area contributed by atoms with Gasteiger partial charge in [0.2, 0.25) is 17.5 Å². The number of nitrogens with zero attached hydrogens (tertiary/aromatic N) is 3. The van der Waals surface area contributed by atoms with Crippen molar-refractivity contribution in [3.63, 3.8) is 0 Å². The van der Waals surface area contributed by atoms with Gasteiger partial charge in [-0.1, -0.05) is 32.1 Å². The number of aromatic nitrogens is 1. The SMILES string of the molecule is CC(C)CC1C(=O)N2CCCC2C2(O)OC(C)(NC(=O)C3C=C4c5cccc6[nH]cc(c56)CC4N(C)C3)C(=O)N12. The molecule has 40 heavy (non-hydrogen) atoms. The van der Waals surface area contributed by atoms with Crippen LogP contribution in [0, 0.1) is 11.8 Å². The lowest BCUT2D eigenvalue weighted by molar-refractivity contribution is -0.315. The number of likely N-dealkylation sites (N-methyl/N-ethyl adjacent to an activating group) is 1. The highest BCUT2D eigenvalue weighted by molar-refractivity contribution is 6.00. The molecule has 7 rings (SSSR count). The average Bonchev–Trinajstić information content (AvgIpc) is 3.60. The molecule has 10 heteroatoms. The Morgan fingerprint density at radius 1 is 1.30 bits per heavy atom. The zero-order valence-electron chi connectivity index (χ0n) is 23.4. The molecule has 3 amide bonds. The average molecular weight is 548 g/mol. The predicted molar refractivity (Wildman–Crippen MR) is 147 cm³/mol. The smallest absolute Gasteiger partial charge is 0.280 e. The first-order valence-corrected chi connectivity index (χ1v) is 14.4. The summed E-state index contributed by atoms with van der Waals surface area (Å²) in [6, 6.07) is 4.84. The Bertz CT molecular complexity index is 1470. The van der Waals surface area contributed by atoms with E-state index < -0.39 is 35.5 Å². The van der Waals surface area contributed by atoms with Gasteiger partial charge in [-0.05, 0) is 68.3 Å². The lowest BCUT2D eigenvalue weighted by Gasteiger charge is -2.49. The Morgan fingerprint density at radius 2 is 2.10 bits per heavy atom. The van der Waals surface area contributed by atoms with Crippen LogP contribution in [0.3, 0.4) is 0 Å². The minimum atomic E-state index is -1.99. The molecule has 0 saturated carbocycles. The number of ether oxygens (including phenoxy) is 1. The van der Waals surface area contributed by atoms with Crippen molar-refractivity contribution in [2.24, 2.45) is 11.8 Å². The maximum absolute atomic E-state index is 14.0. The second kappa shape index (κ2) is 8.64. The molecule has 0 radical (unpaired) electrons. The van der Waals surface area contributed by atoms with Crippen LogP contribution in [0.25, 0.3) is 16.5 Å². The van der Waals surface area contributed by atoms with E-state index >= 15 is 0 Å². The zero-order chi connectivity index (χ0) is 28.1. The van der Waals surface area contributed by atoms with Gasteiger partial charge in [-0.25, -0.2) is 0 Å². The summed E-state index contributed by atoms with van der Waals surface area (Å²) in [7, 11) is 2.02. The first kappa shape index (κ1) is 25.7. The number of hydrogen-bond acceptors (Lipinski definition) is 6. The lowest BCUT2D eigenvalue weighted by Crippen LogP contribution is -2.71. The third kappa shape index (κ3) is 3.48. The van der Waals surface area contributed by atoms with Crippen LogP contribution >= 0.6 is 0 Å². The quantitative estimate of drug-likeness (QED) is 0.537. The van der Waals surface area contributed by atoms with Crippen molar-refractivity contribution in [2.75, 3.05) is 20.1 Å². The van der Waals surface area contributed by atoms with Gasteiger partial charge in [-0.2, -0.15) is 0 Å². The van der Waals surface area contributed by atoms with Crippen LogP contribution in [0.5, 0.6) is 0 Å². The number of H-pyrrole nitrogens is 1. The van der Waals surface area contributed by atoms with E-state index in [4.69, 9.17) is 4.74 Å². The number of piperazine rings is 1. The van der Waals surface area contributed by atoms with Crippen LogP contribution < -0.4 is 5.32 Å². The lowest BCUT2D eigenvalue weighted by atomic mass is 9.79. The molecular weight excluding hydrogens is 510 g/mol. The highest BCUT2D eigenvalue weighted by Crippen LogP contribution is 2.46. The molecule has 212 valence electrons. The first-order valence-electron chi connectivity index (χ1n) is 14.4. The Kier molecular flexibility index (Phi) is 5.56. The van der Waals surface area contributed by atoms with Crippen molar-refractivity contribution in [1.82, 2.24) is 25.0 Å². The van der Waals surface area contributed by atoms with E-state index in [-0.39, 0.29) is 23.8 Å². The van der Waals surface area contributed by atoms with Crippen LogP contribution in [0.2, 0.25) is 0 Å². The molecular formula is C30H37N5O5. The van der Waals surface area contributed by atoms with E-state index in [0.29, 0.717) is 25.9 Å². The van der Waals surface area contributed by atoms with Crippen LogP contribution in [0.4, 0.5) is 0 Å². The van der Waals surface area contributed by atoms with Gasteiger partial charge in [0.05, 0.1) is 5.92 Å². The van der Waals surface area contributed by atoms with E-state index in [1.54, 1.807) is 4.90 Å². The van der Waals surface area contributed by atoms with Crippen molar-refractivity contribution < 1.29 is 24.2 Å². The molecule has 10 nitrogen and oxygen atoms in total. The maximum atomic E-state index is 14.0. The van der Waals surface area contributed by atoms with Gasteiger partial charge in [-0.15, -0.1) is 0 Å². The number of aromatic amines is 1. The van der Waals surface area contributed by atoms with Crippen molar-refractivity contribution in [2.45, 2.75) is 76.2 Å². The summed E-state index contributed by atoms with van der Waals surface area (Å²) in [5, 5.41) is 15.9. The minimum Gasteiger partial charge on any atom is -0.361 e. The topological polar surface area (TPSA) is 118 Å². The fourth-order valence-corrected chi connectivity index (χ4v) is 7.76. The molecule has 6 atom stereocenters. The highest BCUT2D eigenvalue weighted by atomic mass is 16.7. The Hall–Kier alpha value is -3.21. The van der Waals surface area contributed by atoms with Crippen molar-refractivity contribution >= 4 is 34.2 Å². The summed E-state index contributed by atoms with van der Waals surface area (Å²) < 4.78 is 6.17. The normalized spacial score (nSPS) is 35.2. The third-order valence-corrected chi connectivity index (χ3v) is 9.55. The Labute approximate surface area is 233 Å². The zero-order valence-corrected chi connectivity index (χ0v) is 23.4. The first-order chi connectivity index (χ1) is 19.0. The van der Waals surface area contributed by atoms with Crippen LogP contribution in [0.1, 0.15) is 51.2 Å². The summed E-state index contributed by atoms with van der Waals surface area (Å²) >= 11 is 0. The van der Waals surface area contributed by atoms with Gasteiger partial charge in [0.15, 0.2) is 0 Å². The van der Waals surface area contributed by atoms with E-state index in [1.165, 1.54) is 22.8 Å². The molecule has 5 heterocycles. The molecule has 3 N–H and O–H groups in total. The molecule has 6 unspecified atom stereocenters. The summed E-state index contributed by atoms with van der Waals surface area (Å²) in [6.07, 6.45) is 6.61. The monoisotopic (exact) mass is 547 g/mol. The van der Waals surface area contributed by atoms with Gasteiger partial charge >= 0.3 is 0 Å². The van der Waals surface area contributed by atoms with Crippen LogP contribution in [0.15, 0.2) is 30.5 Å². The number of aliphatic hydroxyl groups is 1. The summed E-state index contributed by atoms with van der Waals surface area (Å²) in [5.41, 5.74) is 2.78. The molecule has 1 aromatic heterocycles. The van der Waals surface area contributed by atoms with Gasteiger partial charge in [0.1, 0.15) is 12.1 Å². The van der Waals surface area contributed by atoms with Gasteiger partial charge in [0.25, 0.3) is 11.8 Å². The number of carbonyl (C=O) groups is 3. The summed E-state index contributed by atoms with van der Waals surface area (Å²) in [6.45, 7) is 6.46. The number of benzene rings is 1. The molecule has 2 aromatic rings. The van der Waals surface area contributed by atoms with Gasteiger partial charge < -0.3 is 20.3 Å². The minimum absolute atomic E-state index is 0.115. The van der Waals surface area contributed by atoms with E-state index in [0.717, 1.165) is 29.5 Å². The van der Waals surface area contributed by atoms with Crippen molar-refractivity contribution in [1.29, 1.82) is 0 Å². The maximum Gasteiger partial charge on any atom is 0.280 e. The fourth-order valence-electron chi connectivity index (χ4n) is 7.76. The molecule has 4 aliphatic heterocycles. The van der Waals surface area contributed by atoms with Crippen LogP contribution in [-0.2, 0) is 25.5 Å². The number of hydrogen-bond donors (Lipinski definition) is 3. The predicted octanol–water partition coefficient (Wildman–Crippen LogP) is 1.79. The van der Waals surface area contributed by atoms with E-state index in [1.807, 2.05) is 33.0 Å². The standard InChI is InChI=1S/C30H37N5O5/c1-16(2)11-23-27(37)34-10-6-9-24(34)30(39)35(23)28(38)29(3,40-30)32-26(36)18-12-20-19-7-5-8-21-25(19)17(14-31-21)13-22(20)33(4)15-18/h5,7-8,12,14,16,18,22-24,31,39H,6,9-11,13,15H2,1-4H3,(H,32,36).